The minimum Gasteiger partial charge on any atom is -0.394 e. The van der Waals surface area contributed by atoms with E-state index in [-0.39, 0.29) is 12.7 Å². The highest BCUT2D eigenvalue weighted by atomic mass is 16.6. The van der Waals surface area contributed by atoms with E-state index in [1.807, 2.05) is 0 Å². The van der Waals surface area contributed by atoms with Crippen molar-refractivity contribution in [3.63, 3.8) is 0 Å². The van der Waals surface area contributed by atoms with Gasteiger partial charge in [-0.1, -0.05) is 0 Å². The number of methoxy groups -OCH3 is 1. The molecule has 1 aliphatic heterocycles. The summed E-state index contributed by atoms with van der Waals surface area (Å²) >= 11 is 0. The molecule has 5 nitrogen and oxygen atoms in total. The minimum absolute atomic E-state index is 0.187. The lowest BCUT2D eigenvalue weighted by Crippen LogP contribution is -2.55. The van der Waals surface area contributed by atoms with Gasteiger partial charge in [0.1, 0.15) is 23.9 Å². The SMILES string of the molecule is COC12C[C@H]1OC(CO)[C@H](O)C2O. The van der Waals surface area contributed by atoms with Crippen LogP contribution in [0.4, 0.5) is 0 Å². The summed E-state index contributed by atoms with van der Waals surface area (Å²) < 4.78 is 10.4. The highest BCUT2D eigenvalue weighted by Crippen LogP contribution is 2.50. The molecule has 2 fully saturated rings. The molecule has 0 spiro atoms. The third-order valence-electron chi connectivity index (χ3n) is 2.99. The van der Waals surface area contributed by atoms with Crippen LogP contribution in [0.25, 0.3) is 0 Å². The van der Waals surface area contributed by atoms with Crippen LogP contribution in [-0.4, -0.2) is 59.1 Å². The topological polar surface area (TPSA) is 79.2 Å². The van der Waals surface area contributed by atoms with Gasteiger partial charge in [0.05, 0.1) is 12.7 Å². The van der Waals surface area contributed by atoms with E-state index in [9.17, 15) is 10.2 Å². The second-order valence-corrected chi connectivity index (χ2v) is 3.64. The molecule has 0 radical (unpaired) electrons. The Hall–Kier alpha value is -0.200. The van der Waals surface area contributed by atoms with Gasteiger partial charge in [-0.15, -0.1) is 0 Å². The van der Waals surface area contributed by atoms with Crippen LogP contribution in [0.5, 0.6) is 0 Å². The standard InChI is InChI=1S/C8H14O5/c1-12-8-2-5(8)13-4(3-9)6(10)7(8)11/h4-7,9-11H,2-3H2,1H3/t4?,5-,6+,7?,8?/m1/s1. The molecule has 5 heteroatoms. The maximum absolute atomic E-state index is 9.67. The van der Waals surface area contributed by atoms with Gasteiger partial charge in [-0.2, -0.15) is 0 Å². The Morgan fingerprint density at radius 2 is 2.23 bits per heavy atom. The van der Waals surface area contributed by atoms with Crippen LogP contribution in [0.15, 0.2) is 0 Å². The molecule has 0 bridgehead atoms. The average Bonchev–Trinajstić information content (AvgIpc) is 2.86. The van der Waals surface area contributed by atoms with Gasteiger partial charge in [0, 0.05) is 13.5 Å². The van der Waals surface area contributed by atoms with Crippen molar-refractivity contribution < 1.29 is 24.8 Å². The van der Waals surface area contributed by atoms with Gasteiger partial charge in [0.15, 0.2) is 0 Å². The van der Waals surface area contributed by atoms with Crippen molar-refractivity contribution in [3.05, 3.63) is 0 Å². The summed E-state index contributed by atoms with van der Waals surface area (Å²) in [7, 11) is 1.48. The molecule has 2 rings (SSSR count). The van der Waals surface area contributed by atoms with E-state index in [1.165, 1.54) is 7.11 Å². The highest BCUT2D eigenvalue weighted by Gasteiger charge is 2.67. The summed E-state index contributed by atoms with van der Waals surface area (Å²) in [5.41, 5.74) is -0.731. The van der Waals surface area contributed by atoms with Crippen LogP contribution >= 0.6 is 0 Å². The van der Waals surface area contributed by atoms with Crippen LogP contribution < -0.4 is 0 Å². The molecule has 0 amide bonds. The van der Waals surface area contributed by atoms with Gasteiger partial charge in [-0.05, 0) is 0 Å². The molecule has 3 unspecified atom stereocenters. The van der Waals surface area contributed by atoms with Crippen molar-refractivity contribution in [1.29, 1.82) is 0 Å². The van der Waals surface area contributed by atoms with E-state index in [2.05, 4.69) is 0 Å². The highest BCUT2D eigenvalue weighted by molar-refractivity contribution is 5.17. The monoisotopic (exact) mass is 190 g/mol. The van der Waals surface area contributed by atoms with Crippen molar-refractivity contribution in [2.45, 2.75) is 36.4 Å². The molecule has 2 aliphatic rings. The Bertz CT molecular complexity index is 209. The lowest BCUT2D eigenvalue weighted by Gasteiger charge is -2.35. The zero-order chi connectivity index (χ0) is 9.64. The molecular weight excluding hydrogens is 176 g/mol. The smallest absolute Gasteiger partial charge is 0.125 e. The summed E-state index contributed by atoms with van der Waals surface area (Å²) in [6, 6.07) is 0. The molecule has 5 atom stereocenters. The van der Waals surface area contributed by atoms with Crippen LogP contribution in [-0.2, 0) is 9.47 Å². The average molecular weight is 190 g/mol. The second kappa shape index (κ2) is 2.90. The zero-order valence-electron chi connectivity index (χ0n) is 7.38. The normalized spacial score (nSPS) is 54.5. The van der Waals surface area contributed by atoms with Crippen molar-refractivity contribution in [3.8, 4) is 0 Å². The maximum atomic E-state index is 9.67. The van der Waals surface area contributed by atoms with E-state index in [1.54, 1.807) is 0 Å². The number of rotatable bonds is 2. The van der Waals surface area contributed by atoms with Gasteiger partial charge < -0.3 is 24.8 Å². The van der Waals surface area contributed by atoms with Gasteiger partial charge >= 0.3 is 0 Å². The van der Waals surface area contributed by atoms with Gasteiger partial charge in [-0.3, -0.25) is 0 Å². The quantitative estimate of drug-likeness (QED) is 0.481. The predicted molar refractivity (Wildman–Crippen MR) is 42.1 cm³/mol. The Morgan fingerprint density at radius 3 is 2.77 bits per heavy atom. The molecule has 1 aliphatic carbocycles. The molecule has 76 valence electrons. The van der Waals surface area contributed by atoms with E-state index in [0.29, 0.717) is 6.42 Å². The summed E-state index contributed by atoms with van der Waals surface area (Å²) in [6.07, 6.45) is -2.32. The van der Waals surface area contributed by atoms with Crippen molar-refractivity contribution in [2.75, 3.05) is 13.7 Å². The molecule has 1 saturated heterocycles. The fraction of sp³-hybridized carbons (Fsp3) is 1.00. The Balaban J connectivity index is 2.12. The third-order valence-corrected chi connectivity index (χ3v) is 2.99. The Labute approximate surface area is 75.9 Å². The number of fused-ring (bicyclic) bond motifs is 1. The van der Waals surface area contributed by atoms with E-state index in [4.69, 9.17) is 14.6 Å². The predicted octanol–water partition coefficient (Wildman–Crippen LogP) is -1.74. The first kappa shape index (κ1) is 9.36. The number of aliphatic hydroxyl groups is 3. The Kier molecular flexibility index (Phi) is 2.08. The van der Waals surface area contributed by atoms with Crippen LogP contribution in [0.2, 0.25) is 0 Å². The maximum Gasteiger partial charge on any atom is 0.125 e. The van der Waals surface area contributed by atoms with E-state index >= 15 is 0 Å². The third kappa shape index (κ3) is 1.12. The van der Waals surface area contributed by atoms with Gasteiger partial charge in [0.2, 0.25) is 0 Å². The summed E-state index contributed by atoms with van der Waals surface area (Å²) in [4.78, 5) is 0. The first-order valence-corrected chi connectivity index (χ1v) is 4.33. The Morgan fingerprint density at radius 1 is 1.54 bits per heavy atom. The molecule has 13 heavy (non-hydrogen) atoms. The lowest BCUT2D eigenvalue weighted by atomic mass is 9.99. The lowest BCUT2D eigenvalue weighted by molar-refractivity contribution is -0.204. The number of hydrogen-bond acceptors (Lipinski definition) is 5. The van der Waals surface area contributed by atoms with E-state index < -0.39 is 23.9 Å². The van der Waals surface area contributed by atoms with Crippen LogP contribution in [0.3, 0.4) is 0 Å². The summed E-state index contributed by atoms with van der Waals surface area (Å²) in [5, 5.41) is 28.0. The molecule has 1 saturated carbocycles. The molecule has 3 N–H and O–H groups in total. The van der Waals surface area contributed by atoms with Crippen LogP contribution in [0, 0.1) is 0 Å². The first-order chi connectivity index (χ1) is 6.15. The van der Waals surface area contributed by atoms with Crippen molar-refractivity contribution in [1.82, 2.24) is 0 Å². The number of hydrogen-bond donors (Lipinski definition) is 3. The van der Waals surface area contributed by atoms with Crippen molar-refractivity contribution >= 4 is 0 Å². The molecular formula is C8H14O5. The summed E-state index contributed by atoms with van der Waals surface area (Å²) in [6.45, 7) is -0.283. The summed E-state index contributed by atoms with van der Waals surface area (Å²) in [5.74, 6) is 0. The largest absolute Gasteiger partial charge is 0.394 e. The van der Waals surface area contributed by atoms with Gasteiger partial charge in [0.25, 0.3) is 0 Å². The second-order valence-electron chi connectivity index (χ2n) is 3.64. The first-order valence-electron chi connectivity index (χ1n) is 4.33. The molecule has 0 aromatic heterocycles. The zero-order valence-corrected chi connectivity index (χ0v) is 7.38. The fourth-order valence-electron chi connectivity index (χ4n) is 1.98. The molecule has 0 aromatic carbocycles. The van der Waals surface area contributed by atoms with E-state index in [0.717, 1.165) is 0 Å². The number of ether oxygens (including phenoxy) is 2. The van der Waals surface area contributed by atoms with Gasteiger partial charge in [-0.25, -0.2) is 0 Å². The number of aliphatic hydroxyl groups excluding tert-OH is 3. The van der Waals surface area contributed by atoms with Crippen molar-refractivity contribution in [2.24, 2.45) is 0 Å². The molecule has 1 heterocycles. The fourth-order valence-corrected chi connectivity index (χ4v) is 1.98. The van der Waals surface area contributed by atoms with Crippen LogP contribution in [0.1, 0.15) is 6.42 Å². The molecule has 0 aromatic rings. The minimum atomic E-state index is -1.07.